The molecule has 0 saturated carbocycles. The molecule has 2 aromatic heterocycles. The molecule has 0 spiro atoms. The molecule has 2 rings (SSSR count). The molecule has 0 aliphatic heterocycles. The average molecular weight is 276 g/mol. The van der Waals surface area contributed by atoms with Crippen LogP contribution in [0.15, 0.2) is 29.5 Å². The zero-order valence-corrected chi connectivity index (χ0v) is 11.3. The minimum atomic E-state index is -0.299. The number of anilines is 1. The fourth-order valence-electron chi connectivity index (χ4n) is 1.86. The first-order valence-corrected chi connectivity index (χ1v) is 6.06. The summed E-state index contributed by atoms with van der Waals surface area (Å²) < 4.78 is 2.98. The normalized spacial score (nSPS) is 12.1. The Balaban J connectivity index is 2.04. The number of nitrogen functional groups attached to an aromatic ring is 1. The van der Waals surface area contributed by atoms with Crippen molar-refractivity contribution < 1.29 is 4.79 Å². The number of amides is 1. The Bertz CT molecular complexity index is 675. The minimum absolute atomic E-state index is 0.0912. The van der Waals surface area contributed by atoms with Crippen LogP contribution >= 0.6 is 0 Å². The van der Waals surface area contributed by atoms with E-state index in [2.05, 4.69) is 15.5 Å². The van der Waals surface area contributed by atoms with E-state index in [4.69, 9.17) is 5.73 Å². The summed E-state index contributed by atoms with van der Waals surface area (Å²) in [6.45, 7) is 1.70. The second-order valence-electron chi connectivity index (χ2n) is 4.52. The van der Waals surface area contributed by atoms with Crippen molar-refractivity contribution >= 4 is 11.6 Å². The van der Waals surface area contributed by atoms with Gasteiger partial charge in [0.15, 0.2) is 5.82 Å². The Morgan fingerprint density at radius 2 is 2.25 bits per heavy atom. The molecule has 3 N–H and O–H groups in total. The SMILES string of the molecule is CC(NC(=O)Cn1cc(N)ccc1=O)c1nncn1C. The highest BCUT2D eigenvalue weighted by atomic mass is 16.2. The van der Waals surface area contributed by atoms with Crippen molar-refractivity contribution in [3.63, 3.8) is 0 Å². The summed E-state index contributed by atoms with van der Waals surface area (Å²) in [7, 11) is 1.79. The van der Waals surface area contributed by atoms with Gasteiger partial charge in [0.05, 0.1) is 6.04 Å². The second-order valence-corrected chi connectivity index (χ2v) is 4.52. The van der Waals surface area contributed by atoms with Crippen molar-refractivity contribution in [2.45, 2.75) is 19.5 Å². The summed E-state index contributed by atoms with van der Waals surface area (Å²) in [6.07, 6.45) is 3.00. The number of hydrogen-bond donors (Lipinski definition) is 2. The van der Waals surface area contributed by atoms with Crippen LogP contribution in [-0.2, 0) is 18.4 Å². The summed E-state index contributed by atoms with van der Waals surface area (Å²) in [5, 5.41) is 10.4. The van der Waals surface area contributed by atoms with Gasteiger partial charge in [-0.1, -0.05) is 0 Å². The van der Waals surface area contributed by atoms with Crippen molar-refractivity contribution in [3.8, 4) is 0 Å². The molecule has 0 aromatic carbocycles. The maximum Gasteiger partial charge on any atom is 0.251 e. The molecule has 8 nitrogen and oxygen atoms in total. The summed E-state index contributed by atoms with van der Waals surface area (Å²) >= 11 is 0. The first kappa shape index (κ1) is 13.8. The summed E-state index contributed by atoms with van der Waals surface area (Å²) in [6, 6.07) is 2.53. The van der Waals surface area contributed by atoms with E-state index in [-0.39, 0.29) is 24.1 Å². The molecule has 0 radical (unpaired) electrons. The first-order valence-electron chi connectivity index (χ1n) is 6.06. The Hall–Kier alpha value is -2.64. The van der Waals surface area contributed by atoms with Crippen LogP contribution in [0, 0.1) is 0 Å². The van der Waals surface area contributed by atoms with E-state index in [1.54, 1.807) is 24.9 Å². The Morgan fingerprint density at radius 3 is 2.90 bits per heavy atom. The average Bonchev–Trinajstić information content (AvgIpc) is 2.80. The molecule has 1 unspecified atom stereocenters. The molecular formula is C12H16N6O2. The minimum Gasteiger partial charge on any atom is -0.398 e. The van der Waals surface area contributed by atoms with Crippen LogP contribution in [0.3, 0.4) is 0 Å². The molecule has 20 heavy (non-hydrogen) atoms. The van der Waals surface area contributed by atoms with E-state index >= 15 is 0 Å². The number of pyridine rings is 1. The van der Waals surface area contributed by atoms with Gasteiger partial charge in [-0.3, -0.25) is 9.59 Å². The van der Waals surface area contributed by atoms with E-state index in [9.17, 15) is 9.59 Å². The number of carbonyl (C=O) groups excluding carboxylic acids is 1. The Labute approximate surface area is 115 Å². The third kappa shape index (κ3) is 3.02. The fraction of sp³-hybridized carbons (Fsp3) is 0.333. The molecule has 0 bridgehead atoms. The zero-order valence-electron chi connectivity index (χ0n) is 11.3. The lowest BCUT2D eigenvalue weighted by Crippen LogP contribution is -2.34. The number of aryl methyl sites for hydroxylation is 1. The summed E-state index contributed by atoms with van der Waals surface area (Å²) in [4.78, 5) is 23.5. The third-order valence-corrected chi connectivity index (χ3v) is 2.83. The molecule has 1 amide bonds. The van der Waals surface area contributed by atoms with Gasteiger partial charge in [-0.15, -0.1) is 10.2 Å². The summed E-state index contributed by atoms with van der Waals surface area (Å²) in [5.41, 5.74) is 5.74. The van der Waals surface area contributed by atoms with Gasteiger partial charge in [-0.25, -0.2) is 0 Å². The topological polar surface area (TPSA) is 108 Å². The fourth-order valence-corrected chi connectivity index (χ4v) is 1.86. The van der Waals surface area contributed by atoms with Crippen LogP contribution in [0.4, 0.5) is 5.69 Å². The van der Waals surface area contributed by atoms with Gasteiger partial charge in [-0.05, 0) is 13.0 Å². The number of carbonyl (C=O) groups is 1. The number of nitrogens with zero attached hydrogens (tertiary/aromatic N) is 4. The van der Waals surface area contributed by atoms with Crippen molar-refractivity contribution in [2.75, 3.05) is 5.73 Å². The van der Waals surface area contributed by atoms with Crippen LogP contribution in [-0.4, -0.2) is 25.2 Å². The number of aromatic nitrogens is 4. The molecular weight excluding hydrogens is 260 g/mol. The molecule has 0 aliphatic rings. The molecule has 1 atom stereocenters. The molecule has 2 aromatic rings. The van der Waals surface area contributed by atoms with Crippen molar-refractivity contribution in [2.24, 2.45) is 7.05 Å². The number of rotatable bonds is 4. The van der Waals surface area contributed by atoms with Gasteiger partial charge in [0.1, 0.15) is 12.9 Å². The highest BCUT2D eigenvalue weighted by Crippen LogP contribution is 2.06. The summed E-state index contributed by atoms with van der Waals surface area (Å²) in [5.74, 6) is 0.339. The maximum absolute atomic E-state index is 11.9. The van der Waals surface area contributed by atoms with Gasteiger partial charge in [0.2, 0.25) is 5.91 Å². The van der Waals surface area contributed by atoms with Gasteiger partial charge in [-0.2, -0.15) is 0 Å². The maximum atomic E-state index is 11.9. The first-order chi connectivity index (χ1) is 9.47. The second kappa shape index (κ2) is 5.55. The van der Waals surface area contributed by atoms with Gasteiger partial charge in [0, 0.05) is 25.0 Å². The molecule has 0 fully saturated rings. The molecule has 106 valence electrons. The third-order valence-electron chi connectivity index (χ3n) is 2.83. The molecule has 2 heterocycles. The highest BCUT2D eigenvalue weighted by molar-refractivity contribution is 5.76. The van der Waals surface area contributed by atoms with E-state index in [0.29, 0.717) is 11.5 Å². The van der Waals surface area contributed by atoms with Crippen LogP contribution in [0.1, 0.15) is 18.8 Å². The number of nitrogens with two attached hydrogens (primary N) is 1. The van der Waals surface area contributed by atoms with Crippen LogP contribution < -0.4 is 16.6 Å². The zero-order chi connectivity index (χ0) is 14.7. The predicted molar refractivity (Wildman–Crippen MR) is 72.7 cm³/mol. The highest BCUT2D eigenvalue weighted by Gasteiger charge is 2.14. The smallest absolute Gasteiger partial charge is 0.251 e. The Kier molecular flexibility index (Phi) is 3.83. The lowest BCUT2D eigenvalue weighted by atomic mass is 10.3. The van der Waals surface area contributed by atoms with Gasteiger partial charge in [0.25, 0.3) is 5.56 Å². The van der Waals surface area contributed by atoms with Gasteiger partial charge >= 0.3 is 0 Å². The van der Waals surface area contributed by atoms with E-state index < -0.39 is 0 Å². The molecule has 8 heteroatoms. The quantitative estimate of drug-likeness (QED) is 0.778. The van der Waals surface area contributed by atoms with Crippen molar-refractivity contribution in [1.29, 1.82) is 0 Å². The molecule has 0 saturated heterocycles. The van der Waals surface area contributed by atoms with Gasteiger partial charge < -0.3 is 20.2 Å². The van der Waals surface area contributed by atoms with Crippen molar-refractivity contribution in [1.82, 2.24) is 24.6 Å². The lowest BCUT2D eigenvalue weighted by Gasteiger charge is -2.13. The van der Waals surface area contributed by atoms with Crippen LogP contribution in [0.25, 0.3) is 0 Å². The monoisotopic (exact) mass is 276 g/mol. The number of nitrogens with one attached hydrogen (secondary N) is 1. The molecule has 0 aliphatic carbocycles. The van der Waals surface area contributed by atoms with E-state index in [1.807, 2.05) is 0 Å². The Morgan fingerprint density at radius 1 is 1.50 bits per heavy atom. The van der Waals surface area contributed by atoms with E-state index in [1.165, 1.54) is 22.9 Å². The number of hydrogen-bond acceptors (Lipinski definition) is 5. The lowest BCUT2D eigenvalue weighted by molar-refractivity contribution is -0.122. The largest absolute Gasteiger partial charge is 0.398 e. The predicted octanol–water partition coefficient (Wildman–Crippen LogP) is -0.564. The van der Waals surface area contributed by atoms with Crippen LogP contribution in [0.2, 0.25) is 0 Å². The van der Waals surface area contributed by atoms with Crippen LogP contribution in [0.5, 0.6) is 0 Å². The van der Waals surface area contributed by atoms with E-state index in [0.717, 1.165) is 0 Å². The van der Waals surface area contributed by atoms with Crippen molar-refractivity contribution in [3.05, 3.63) is 40.8 Å². The standard InChI is InChI=1S/C12H16N6O2/c1-8(12-16-14-7-17(12)2)15-10(19)6-18-5-9(13)3-4-11(18)20/h3-5,7-8H,6,13H2,1-2H3,(H,15,19).